The third kappa shape index (κ3) is 2.67. The van der Waals surface area contributed by atoms with Crippen LogP contribution in [0.4, 0.5) is 4.39 Å². The molecule has 0 aliphatic carbocycles. The number of halogens is 2. The van der Waals surface area contributed by atoms with Gasteiger partial charge in [-0.2, -0.15) is 0 Å². The number of ether oxygens (including phenoxy) is 1. The molecule has 94 valence electrons. The van der Waals surface area contributed by atoms with E-state index in [-0.39, 0.29) is 5.82 Å². The van der Waals surface area contributed by atoms with Crippen LogP contribution in [0.2, 0.25) is 0 Å². The third-order valence-corrected chi connectivity index (χ3v) is 4.24. The van der Waals surface area contributed by atoms with Crippen LogP contribution >= 0.6 is 27.7 Å². The van der Waals surface area contributed by atoms with Gasteiger partial charge < -0.3 is 9.84 Å². The van der Waals surface area contributed by atoms with Gasteiger partial charge in [0.05, 0.1) is 5.60 Å². The van der Waals surface area contributed by atoms with Crippen LogP contribution in [0.5, 0.6) is 0 Å². The number of hydrogen-bond acceptors (Lipinski definition) is 3. The predicted octanol–water partition coefficient (Wildman–Crippen LogP) is 3.31. The molecular weight excluding hydrogens is 307 g/mol. The Kier molecular flexibility index (Phi) is 4.13. The summed E-state index contributed by atoms with van der Waals surface area (Å²) in [6.45, 7) is 0.939. The molecule has 2 rings (SSSR count). The van der Waals surface area contributed by atoms with Crippen molar-refractivity contribution in [2.24, 2.45) is 0 Å². The summed E-state index contributed by atoms with van der Waals surface area (Å²) in [6.07, 6.45) is 2.70. The largest absolute Gasteiger partial charge is 0.385 e. The van der Waals surface area contributed by atoms with Gasteiger partial charge in [-0.1, -0.05) is 15.9 Å². The second-order valence-corrected chi connectivity index (χ2v) is 5.88. The van der Waals surface area contributed by atoms with E-state index in [2.05, 4.69) is 15.9 Å². The van der Waals surface area contributed by atoms with E-state index in [0.717, 1.165) is 4.47 Å². The zero-order valence-corrected chi connectivity index (χ0v) is 11.9. The minimum Gasteiger partial charge on any atom is -0.385 e. The number of hydrogen-bond donors (Lipinski definition) is 1. The summed E-state index contributed by atoms with van der Waals surface area (Å²) in [5, 5.41) is 10.5. The fourth-order valence-electron chi connectivity index (χ4n) is 2.03. The Morgan fingerprint density at radius 2 is 2.06 bits per heavy atom. The van der Waals surface area contributed by atoms with Crippen molar-refractivity contribution < 1.29 is 14.2 Å². The minimum atomic E-state index is -1.10. The van der Waals surface area contributed by atoms with Gasteiger partial charge >= 0.3 is 0 Å². The molecule has 1 aliphatic heterocycles. The van der Waals surface area contributed by atoms with Gasteiger partial charge in [0, 0.05) is 41.0 Å². The van der Waals surface area contributed by atoms with Gasteiger partial charge in [0.2, 0.25) is 0 Å². The molecule has 0 spiro atoms. The molecule has 2 nitrogen and oxygen atoms in total. The van der Waals surface area contributed by atoms with Gasteiger partial charge in [-0.15, -0.1) is 11.8 Å². The van der Waals surface area contributed by atoms with Crippen molar-refractivity contribution >= 4 is 27.7 Å². The summed E-state index contributed by atoms with van der Waals surface area (Å²) in [5.41, 5.74) is -0.726. The fourth-order valence-corrected chi connectivity index (χ4v) is 3.17. The van der Waals surface area contributed by atoms with Gasteiger partial charge in [0.15, 0.2) is 0 Å². The standard InChI is InChI=1S/C12H14BrFO2S/c1-17-10-7-8(13)6-9(11(10)14)12(15)2-4-16-5-3-12/h6-7,15H,2-5H2,1H3. The maximum Gasteiger partial charge on any atom is 0.142 e. The molecule has 0 bridgehead atoms. The zero-order valence-electron chi connectivity index (χ0n) is 9.50. The van der Waals surface area contributed by atoms with Crippen molar-refractivity contribution in [2.45, 2.75) is 23.3 Å². The molecule has 1 fully saturated rings. The molecule has 0 amide bonds. The highest BCUT2D eigenvalue weighted by Crippen LogP contribution is 2.38. The average Bonchev–Trinajstić information content (AvgIpc) is 2.32. The van der Waals surface area contributed by atoms with Gasteiger partial charge in [-0.05, 0) is 18.4 Å². The Hall–Kier alpha value is -0.100. The van der Waals surface area contributed by atoms with E-state index >= 15 is 0 Å². The van der Waals surface area contributed by atoms with Crippen molar-refractivity contribution in [2.75, 3.05) is 19.5 Å². The molecule has 0 aromatic heterocycles. The average molecular weight is 321 g/mol. The highest BCUT2D eigenvalue weighted by Gasteiger charge is 2.35. The van der Waals surface area contributed by atoms with Crippen LogP contribution in [-0.2, 0) is 10.3 Å². The van der Waals surface area contributed by atoms with Crippen LogP contribution in [0.25, 0.3) is 0 Å². The lowest BCUT2D eigenvalue weighted by atomic mass is 9.86. The maximum atomic E-state index is 14.2. The van der Waals surface area contributed by atoms with Crippen molar-refractivity contribution in [3.8, 4) is 0 Å². The third-order valence-electron chi connectivity index (χ3n) is 3.05. The SMILES string of the molecule is CSc1cc(Br)cc(C2(O)CCOCC2)c1F. The summed E-state index contributed by atoms with van der Waals surface area (Å²) in [5.74, 6) is -0.315. The number of aliphatic hydroxyl groups is 1. The second kappa shape index (κ2) is 5.26. The van der Waals surface area contributed by atoms with E-state index in [9.17, 15) is 9.50 Å². The summed E-state index contributed by atoms with van der Waals surface area (Å²) < 4.78 is 20.2. The smallest absolute Gasteiger partial charge is 0.142 e. The summed E-state index contributed by atoms with van der Waals surface area (Å²) in [7, 11) is 0. The lowest BCUT2D eigenvalue weighted by molar-refractivity contribution is -0.0700. The van der Waals surface area contributed by atoms with Crippen LogP contribution in [0.15, 0.2) is 21.5 Å². The predicted molar refractivity (Wildman–Crippen MR) is 69.8 cm³/mol. The van der Waals surface area contributed by atoms with E-state index in [1.54, 1.807) is 12.1 Å². The van der Waals surface area contributed by atoms with E-state index in [4.69, 9.17) is 4.74 Å². The van der Waals surface area contributed by atoms with E-state index in [1.165, 1.54) is 11.8 Å². The van der Waals surface area contributed by atoms with Crippen LogP contribution in [0, 0.1) is 5.82 Å². The van der Waals surface area contributed by atoms with Crippen LogP contribution < -0.4 is 0 Å². The van der Waals surface area contributed by atoms with Crippen molar-refractivity contribution in [1.29, 1.82) is 0 Å². The maximum absolute atomic E-state index is 14.2. The molecule has 1 N–H and O–H groups in total. The lowest BCUT2D eigenvalue weighted by Crippen LogP contribution is -2.34. The Labute approximate surface area is 113 Å². The molecule has 0 unspecified atom stereocenters. The molecule has 1 heterocycles. The van der Waals surface area contributed by atoms with Crippen molar-refractivity contribution in [3.63, 3.8) is 0 Å². The zero-order chi connectivity index (χ0) is 12.5. The topological polar surface area (TPSA) is 29.5 Å². The highest BCUT2D eigenvalue weighted by atomic mass is 79.9. The molecule has 0 atom stereocenters. The fraction of sp³-hybridized carbons (Fsp3) is 0.500. The molecule has 5 heteroatoms. The Morgan fingerprint density at radius 1 is 1.41 bits per heavy atom. The van der Waals surface area contributed by atoms with Gasteiger partial charge in [0.25, 0.3) is 0 Å². The molecule has 1 aliphatic rings. The molecule has 17 heavy (non-hydrogen) atoms. The first-order chi connectivity index (χ1) is 8.07. The van der Waals surface area contributed by atoms with Crippen molar-refractivity contribution in [3.05, 3.63) is 28.0 Å². The highest BCUT2D eigenvalue weighted by molar-refractivity contribution is 9.10. The van der Waals surface area contributed by atoms with Gasteiger partial charge in [-0.3, -0.25) is 0 Å². The van der Waals surface area contributed by atoms with Crippen LogP contribution in [0.3, 0.4) is 0 Å². The lowest BCUT2D eigenvalue weighted by Gasteiger charge is -2.33. The summed E-state index contributed by atoms with van der Waals surface area (Å²) in [4.78, 5) is 0.550. The van der Waals surface area contributed by atoms with Crippen LogP contribution in [-0.4, -0.2) is 24.6 Å². The Morgan fingerprint density at radius 3 is 2.65 bits per heavy atom. The quantitative estimate of drug-likeness (QED) is 0.848. The Bertz CT molecular complexity index is 419. The number of rotatable bonds is 2. The molecule has 1 aromatic rings. The first kappa shape index (κ1) is 13.3. The van der Waals surface area contributed by atoms with Gasteiger partial charge in [0.1, 0.15) is 5.82 Å². The Balaban J connectivity index is 2.46. The normalized spacial score (nSPS) is 19.3. The number of benzene rings is 1. The summed E-state index contributed by atoms with van der Waals surface area (Å²) in [6, 6.07) is 3.40. The molecule has 0 radical (unpaired) electrons. The monoisotopic (exact) mass is 320 g/mol. The first-order valence-electron chi connectivity index (χ1n) is 5.40. The van der Waals surface area contributed by atoms with E-state index in [1.807, 2.05) is 6.26 Å². The summed E-state index contributed by atoms with van der Waals surface area (Å²) >= 11 is 4.70. The van der Waals surface area contributed by atoms with Gasteiger partial charge in [-0.25, -0.2) is 4.39 Å². The minimum absolute atomic E-state index is 0.315. The van der Waals surface area contributed by atoms with Crippen LogP contribution in [0.1, 0.15) is 18.4 Å². The molecule has 0 saturated carbocycles. The van der Waals surface area contributed by atoms with E-state index < -0.39 is 5.60 Å². The molecule has 1 aromatic carbocycles. The molecular formula is C12H14BrFO2S. The van der Waals surface area contributed by atoms with Crippen molar-refractivity contribution in [1.82, 2.24) is 0 Å². The molecule has 1 saturated heterocycles. The second-order valence-electron chi connectivity index (χ2n) is 4.11. The first-order valence-corrected chi connectivity index (χ1v) is 7.42. The number of thioether (sulfide) groups is 1. The van der Waals surface area contributed by atoms with E-state index in [0.29, 0.717) is 36.5 Å².